The van der Waals surface area contributed by atoms with Gasteiger partial charge in [0.2, 0.25) is 0 Å². The van der Waals surface area contributed by atoms with Crippen LogP contribution in [0.1, 0.15) is 29.1 Å². The van der Waals surface area contributed by atoms with Gasteiger partial charge in [0.1, 0.15) is 5.56 Å². The summed E-state index contributed by atoms with van der Waals surface area (Å²) in [4.78, 5) is 15.7. The third kappa shape index (κ3) is 2.23. The molecule has 1 unspecified atom stereocenters. The molecule has 6 heteroatoms. The maximum absolute atomic E-state index is 11.4. The van der Waals surface area contributed by atoms with Crippen molar-refractivity contribution in [3.63, 3.8) is 0 Å². The van der Waals surface area contributed by atoms with Gasteiger partial charge in [0.15, 0.2) is 0 Å². The van der Waals surface area contributed by atoms with Crippen LogP contribution in [0.15, 0.2) is 42.7 Å². The summed E-state index contributed by atoms with van der Waals surface area (Å²) in [5.41, 5.74) is 2.24. The Balaban J connectivity index is 2.29. The molecule has 3 aromatic rings. The molecule has 0 aliphatic rings. The quantitative estimate of drug-likeness (QED) is 0.801. The van der Waals surface area contributed by atoms with Crippen LogP contribution < -0.4 is 0 Å². The molecule has 0 amide bonds. The average molecular weight is 297 g/mol. The van der Waals surface area contributed by atoms with Gasteiger partial charge in [-0.2, -0.15) is 5.10 Å². The van der Waals surface area contributed by atoms with Crippen LogP contribution in [0.2, 0.25) is 0 Å². The Kier molecular flexibility index (Phi) is 3.60. The molecule has 22 heavy (non-hydrogen) atoms. The first kappa shape index (κ1) is 14.2. The molecule has 1 N–H and O–H groups in total. The lowest BCUT2D eigenvalue weighted by Crippen LogP contribution is -2.11. The predicted molar refractivity (Wildman–Crippen MR) is 81.2 cm³/mol. The fourth-order valence-electron chi connectivity index (χ4n) is 2.49. The number of aromatic nitrogens is 3. The summed E-state index contributed by atoms with van der Waals surface area (Å²) in [5, 5.41) is 14.5. The molecule has 0 saturated carbocycles. The molecule has 0 spiro atoms. The SMILES string of the molecule is COC(C)c1c(C(=O)O)cnn1-c1cccc2ncccc12. The standard InChI is InChI=1S/C16H15N3O3/c1-10(22-2)15-12(16(20)21)9-18-19(15)14-7-3-6-13-11(14)5-4-8-17-13/h3-10H,1-2H3,(H,20,21). The van der Waals surface area contributed by atoms with Crippen molar-refractivity contribution >= 4 is 16.9 Å². The second-order valence-corrected chi connectivity index (χ2v) is 4.89. The van der Waals surface area contributed by atoms with Crippen molar-refractivity contribution in [2.24, 2.45) is 0 Å². The number of methoxy groups -OCH3 is 1. The maximum atomic E-state index is 11.4. The smallest absolute Gasteiger partial charge is 0.339 e. The number of hydrogen-bond donors (Lipinski definition) is 1. The second-order valence-electron chi connectivity index (χ2n) is 4.89. The highest BCUT2D eigenvalue weighted by molar-refractivity contribution is 5.90. The van der Waals surface area contributed by atoms with E-state index in [2.05, 4.69) is 10.1 Å². The van der Waals surface area contributed by atoms with Crippen LogP contribution in [-0.2, 0) is 4.74 Å². The van der Waals surface area contributed by atoms with E-state index in [-0.39, 0.29) is 5.56 Å². The predicted octanol–water partition coefficient (Wildman–Crippen LogP) is 2.83. The molecule has 1 aromatic carbocycles. The average Bonchev–Trinajstić information content (AvgIpc) is 2.98. The first-order valence-corrected chi connectivity index (χ1v) is 6.81. The minimum atomic E-state index is -1.02. The van der Waals surface area contributed by atoms with Gasteiger partial charge in [0.05, 0.1) is 29.2 Å². The van der Waals surface area contributed by atoms with Gasteiger partial charge in [-0.05, 0) is 31.2 Å². The van der Waals surface area contributed by atoms with Gasteiger partial charge >= 0.3 is 5.97 Å². The van der Waals surface area contributed by atoms with E-state index in [4.69, 9.17) is 4.74 Å². The maximum Gasteiger partial charge on any atom is 0.339 e. The zero-order valence-electron chi connectivity index (χ0n) is 12.2. The van der Waals surface area contributed by atoms with Crippen LogP contribution in [0.3, 0.4) is 0 Å². The first-order chi connectivity index (χ1) is 10.6. The number of ether oxygens (including phenoxy) is 1. The van der Waals surface area contributed by atoms with Crippen LogP contribution in [0, 0.1) is 0 Å². The number of pyridine rings is 1. The van der Waals surface area contributed by atoms with Gasteiger partial charge in [-0.3, -0.25) is 4.98 Å². The monoisotopic (exact) mass is 297 g/mol. The van der Waals surface area contributed by atoms with Gasteiger partial charge in [-0.25, -0.2) is 9.48 Å². The number of carboxylic acid groups (broad SMARTS) is 1. The summed E-state index contributed by atoms with van der Waals surface area (Å²) in [6.45, 7) is 1.79. The number of carbonyl (C=O) groups is 1. The van der Waals surface area contributed by atoms with Crippen molar-refractivity contribution < 1.29 is 14.6 Å². The number of nitrogens with zero attached hydrogens (tertiary/aromatic N) is 3. The van der Waals surface area contributed by atoms with Crippen molar-refractivity contribution in [3.05, 3.63) is 54.0 Å². The fourth-order valence-corrected chi connectivity index (χ4v) is 2.49. The van der Waals surface area contributed by atoms with Gasteiger partial charge in [0, 0.05) is 18.7 Å². The highest BCUT2D eigenvalue weighted by Gasteiger charge is 2.23. The number of aromatic carboxylic acids is 1. The van der Waals surface area contributed by atoms with E-state index in [1.807, 2.05) is 30.3 Å². The van der Waals surface area contributed by atoms with E-state index in [1.54, 1.807) is 17.8 Å². The van der Waals surface area contributed by atoms with Crippen molar-refractivity contribution in [2.75, 3.05) is 7.11 Å². The molecule has 0 aliphatic heterocycles. The minimum absolute atomic E-state index is 0.134. The summed E-state index contributed by atoms with van der Waals surface area (Å²) >= 11 is 0. The summed E-state index contributed by atoms with van der Waals surface area (Å²) in [7, 11) is 1.54. The van der Waals surface area contributed by atoms with Crippen molar-refractivity contribution in [1.29, 1.82) is 0 Å². The zero-order valence-corrected chi connectivity index (χ0v) is 12.2. The first-order valence-electron chi connectivity index (χ1n) is 6.81. The minimum Gasteiger partial charge on any atom is -0.478 e. The topological polar surface area (TPSA) is 77.2 Å². The van der Waals surface area contributed by atoms with Gasteiger partial charge in [-0.15, -0.1) is 0 Å². The van der Waals surface area contributed by atoms with Crippen LogP contribution in [-0.4, -0.2) is 33.0 Å². The number of carboxylic acids is 1. The summed E-state index contributed by atoms with van der Waals surface area (Å²) in [5.74, 6) is -1.02. The molecule has 2 aromatic heterocycles. The van der Waals surface area contributed by atoms with Gasteiger partial charge < -0.3 is 9.84 Å². The summed E-state index contributed by atoms with van der Waals surface area (Å²) < 4.78 is 6.93. The van der Waals surface area contributed by atoms with E-state index in [0.717, 1.165) is 16.6 Å². The van der Waals surface area contributed by atoms with E-state index in [1.165, 1.54) is 13.3 Å². The molecular weight excluding hydrogens is 282 g/mol. The highest BCUT2D eigenvalue weighted by atomic mass is 16.5. The van der Waals surface area contributed by atoms with Crippen LogP contribution in [0.25, 0.3) is 16.6 Å². The molecule has 0 fully saturated rings. The Morgan fingerprint density at radius 1 is 1.32 bits per heavy atom. The molecule has 3 rings (SSSR count). The van der Waals surface area contributed by atoms with E-state index in [9.17, 15) is 9.90 Å². The van der Waals surface area contributed by atoms with E-state index >= 15 is 0 Å². The largest absolute Gasteiger partial charge is 0.478 e. The Labute approximate surface area is 127 Å². The van der Waals surface area contributed by atoms with Crippen LogP contribution >= 0.6 is 0 Å². The Morgan fingerprint density at radius 3 is 2.86 bits per heavy atom. The number of benzene rings is 1. The molecule has 0 radical (unpaired) electrons. The molecule has 0 aliphatic carbocycles. The number of fused-ring (bicyclic) bond motifs is 1. The summed E-state index contributed by atoms with van der Waals surface area (Å²) in [6.07, 6.45) is 2.67. The third-order valence-electron chi connectivity index (χ3n) is 3.63. The second kappa shape index (κ2) is 5.57. The number of hydrogen-bond acceptors (Lipinski definition) is 4. The Morgan fingerprint density at radius 2 is 2.14 bits per heavy atom. The number of rotatable bonds is 4. The molecule has 2 heterocycles. The lowest BCUT2D eigenvalue weighted by atomic mass is 10.1. The fraction of sp³-hybridized carbons (Fsp3) is 0.188. The lowest BCUT2D eigenvalue weighted by molar-refractivity contribution is 0.0681. The van der Waals surface area contributed by atoms with Gasteiger partial charge in [0.25, 0.3) is 0 Å². The van der Waals surface area contributed by atoms with E-state index in [0.29, 0.717) is 5.69 Å². The van der Waals surface area contributed by atoms with Crippen molar-refractivity contribution in [1.82, 2.24) is 14.8 Å². The molecule has 1 atom stereocenters. The molecule has 0 saturated heterocycles. The molecule has 112 valence electrons. The molecule has 0 bridgehead atoms. The molecular formula is C16H15N3O3. The summed E-state index contributed by atoms with van der Waals surface area (Å²) in [6, 6.07) is 9.43. The normalized spacial score (nSPS) is 12.5. The van der Waals surface area contributed by atoms with Crippen LogP contribution in [0.4, 0.5) is 0 Å². The Hall–Kier alpha value is -2.73. The van der Waals surface area contributed by atoms with Gasteiger partial charge in [-0.1, -0.05) is 6.07 Å². The highest BCUT2D eigenvalue weighted by Crippen LogP contribution is 2.27. The van der Waals surface area contributed by atoms with Crippen molar-refractivity contribution in [2.45, 2.75) is 13.0 Å². The van der Waals surface area contributed by atoms with Crippen molar-refractivity contribution in [3.8, 4) is 5.69 Å². The van der Waals surface area contributed by atoms with Crippen LogP contribution in [0.5, 0.6) is 0 Å². The van der Waals surface area contributed by atoms with E-state index < -0.39 is 12.1 Å². The molecule has 6 nitrogen and oxygen atoms in total. The lowest BCUT2D eigenvalue weighted by Gasteiger charge is -2.15. The Bertz CT molecular complexity index is 836. The third-order valence-corrected chi connectivity index (χ3v) is 3.63. The zero-order chi connectivity index (χ0) is 15.7.